The third-order valence-electron chi connectivity index (χ3n) is 0.796. The van der Waals surface area contributed by atoms with Crippen molar-refractivity contribution in [3.8, 4) is 0 Å². The molecule has 0 aromatic heterocycles. The predicted octanol–water partition coefficient (Wildman–Crippen LogP) is 0.314. The average Bonchev–Trinajstić information content (AvgIpc) is 1.67. The minimum absolute atomic E-state index is 0.0456. The molecule has 0 aromatic rings. The molecule has 8 heavy (non-hydrogen) atoms. The fraction of sp³-hybridized carbons (Fsp3) is 1.00. The van der Waals surface area contributed by atoms with Crippen LogP contribution in [0.5, 0.6) is 0 Å². The SMILES string of the molecule is COCC(C)(S)CO. The lowest BCUT2D eigenvalue weighted by Crippen LogP contribution is -2.27. The summed E-state index contributed by atoms with van der Waals surface area (Å²) in [5.74, 6) is 0. The molecule has 1 N–H and O–H groups in total. The maximum absolute atomic E-state index is 8.57. The third kappa shape index (κ3) is 3.29. The van der Waals surface area contributed by atoms with Gasteiger partial charge in [0, 0.05) is 7.11 Å². The van der Waals surface area contributed by atoms with Gasteiger partial charge in [0.05, 0.1) is 18.0 Å². The minimum atomic E-state index is -0.380. The van der Waals surface area contributed by atoms with E-state index in [1.807, 2.05) is 6.92 Å². The van der Waals surface area contributed by atoms with E-state index in [1.54, 1.807) is 7.11 Å². The highest BCUT2D eigenvalue weighted by Crippen LogP contribution is 2.11. The molecule has 0 rings (SSSR count). The van der Waals surface area contributed by atoms with Gasteiger partial charge < -0.3 is 9.84 Å². The van der Waals surface area contributed by atoms with E-state index in [-0.39, 0.29) is 11.4 Å². The number of thiol groups is 1. The van der Waals surface area contributed by atoms with Gasteiger partial charge in [0.15, 0.2) is 0 Å². The van der Waals surface area contributed by atoms with Crippen LogP contribution in [0.15, 0.2) is 0 Å². The summed E-state index contributed by atoms with van der Waals surface area (Å²) >= 11 is 4.09. The molecule has 2 nitrogen and oxygen atoms in total. The molecule has 0 aromatic carbocycles. The van der Waals surface area contributed by atoms with Crippen molar-refractivity contribution in [1.29, 1.82) is 0 Å². The maximum Gasteiger partial charge on any atom is 0.0626 e. The third-order valence-corrected chi connectivity index (χ3v) is 1.07. The Morgan fingerprint density at radius 1 is 1.75 bits per heavy atom. The Bertz CT molecular complexity index is 63.4. The van der Waals surface area contributed by atoms with Gasteiger partial charge in [-0.15, -0.1) is 0 Å². The predicted molar refractivity (Wildman–Crippen MR) is 36.4 cm³/mol. The molecule has 0 bridgehead atoms. The average molecular weight is 136 g/mol. The number of aliphatic hydroxyl groups is 1. The van der Waals surface area contributed by atoms with Gasteiger partial charge in [-0.25, -0.2) is 0 Å². The molecule has 1 unspecified atom stereocenters. The van der Waals surface area contributed by atoms with Crippen LogP contribution in [0.4, 0.5) is 0 Å². The molecular formula is C5H12O2S. The van der Waals surface area contributed by atoms with Gasteiger partial charge in [0.2, 0.25) is 0 Å². The first kappa shape index (κ1) is 8.27. The quantitative estimate of drug-likeness (QED) is 0.547. The number of aliphatic hydroxyl groups excluding tert-OH is 1. The summed E-state index contributed by atoms with van der Waals surface area (Å²) in [6.07, 6.45) is 0. The molecule has 0 aliphatic heterocycles. The molecule has 0 aliphatic carbocycles. The summed E-state index contributed by atoms with van der Waals surface area (Å²) in [6.45, 7) is 2.34. The summed E-state index contributed by atoms with van der Waals surface area (Å²) < 4.78 is 4.38. The molecule has 50 valence electrons. The van der Waals surface area contributed by atoms with Crippen LogP contribution in [0.3, 0.4) is 0 Å². The van der Waals surface area contributed by atoms with E-state index >= 15 is 0 Å². The van der Waals surface area contributed by atoms with Gasteiger partial charge in [-0.3, -0.25) is 0 Å². The normalized spacial score (nSPS) is 18.0. The highest BCUT2D eigenvalue weighted by molar-refractivity contribution is 7.81. The lowest BCUT2D eigenvalue weighted by Gasteiger charge is -2.18. The van der Waals surface area contributed by atoms with Crippen LogP contribution < -0.4 is 0 Å². The summed E-state index contributed by atoms with van der Waals surface area (Å²) in [5, 5.41) is 8.57. The number of methoxy groups -OCH3 is 1. The largest absolute Gasteiger partial charge is 0.395 e. The zero-order valence-electron chi connectivity index (χ0n) is 5.22. The molecule has 0 heterocycles. The second kappa shape index (κ2) is 3.33. The molecule has 0 fully saturated rings. The Balaban J connectivity index is 3.37. The number of rotatable bonds is 3. The van der Waals surface area contributed by atoms with Crippen molar-refractivity contribution >= 4 is 12.6 Å². The topological polar surface area (TPSA) is 29.5 Å². The second-order valence-corrected chi connectivity index (χ2v) is 3.17. The molecule has 1 atom stereocenters. The summed E-state index contributed by atoms with van der Waals surface area (Å²) in [7, 11) is 1.59. The number of hydrogen-bond donors (Lipinski definition) is 2. The first-order valence-corrected chi connectivity index (χ1v) is 2.89. The first-order chi connectivity index (χ1) is 3.62. The Kier molecular flexibility index (Phi) is 3.44. The van der Waals surface area contributed by atoms with Crippen LogP contribution in [-0.4, -0.2) is 30.2 Å². The van der Waals surface area contributed by atoms with Crippen molar-refractivity contribution in [2.24, 2.45) is 0 Å². The van der Waals surface area contributed by atoms with Crippen molar-refractivity contribution < 1.29 is 9.84 Å². The van der Waals surface area contributed by atoms with Gasteiger partial charge in [-0.1, -0.05) is 0 Å². The van der Waals surface area contributed by atoms with Crippen LogP contribution >= 0.6 is 12.6 Å². The molecule has 0 radical (unpaired) electrons. The Morgan fingerprint density at radius 3 is 2.38 bits per heavy atom. The van der Waals surface area contributed by atoms with Gasteiger partial charge in [0.25, 0.3) is 0 Å². The molecular weight excluding hydrogens is 124 g/mol. The van der Waals surface area contributed by atoms with Gasteiger partial charge in [0.1, 0.15) is 0 Å². The van der Waals surface area contributed by atoms with E-state index in [0.717, 1.165) is 0 Å². The minimum Gasteiger partial charge on any atom is -0.395 e. The number of hydrogen-bond acceptors (Lipinski definition) is 3. The van der Waals surface area contributed by atoms with E-state index in [0.29, 0.717) is 6.61 Å². The highest BCUT2D eigenvalue weighted by atomic mass is 32.1. The second-order valence-electron chi connectivity index (χ2n) is 2.09. The van der Waals surface area contributed by atoms with Crippen molar-refractivity contribution in [2.45, 2.75) is 11.7 Å². The van der Waals surface area contributed by atoms with Crippen LogP contribution in [0, 0.1) is 0 Å². The molecule has 3 heteroatoms. The van der Waals surface area contributed by atoms with Crippen molar-refractivity contribution in [3.63, 3.8) is 0 Å². The van der Waals surface area contributed by atoms with E-state index in [9.17, 15) is 0 Å². The molecule has 0 saturated carbocycles. The lowest BCUT2D eigenvalue weighted by atomic mass is 10.2. The summed E-state index contributed by atoms with van der Waals surface area (Å²) in [4.78, 5) is 0. The Hall–Kier alpha value is 0.270. The van der Waals surface area contributed by atoms with Crippen LogP contribution in [0.25, 0.3) is 0 Å². The summed E-state index contributed by atoms with van der Waals surface area (Å²) in [5.41, 5.74) is 0. The van der Waals surface area contributed by atoms with E-state index in [2.05, 4.69) is 12.6 Å². The fourth-order valence-electron chi connectivity index (χ4n) is 0.357. The zero-order valence-corrected chi connectivity index (χ0v) is 6.11. The van der Waals surface area contributed by atoms with Crippen LogP contribution in [0.1, 0.15) is 6.92 Å². The Morgan fingerprint density at radius 2 is 2.25 bits per heavy atom. The molecule has 0 spiro atoms. The zero-order chi connectivity index (χ0) is 6.62. The van der Waals surface area contributed by atoms with Crippen LogP contribution in [0.2, 0.25) is 0 Å². The monoisotopic (exact) mass is 136 g/mol. The fourth-order valence-corrected chi connectivity index (χ4v) is 0.486. The number of ether oxygens (including phenoxy) is 1. The van der Waals surface area contributed by atoms with Crippen molar-refractivity contribution in [1.82, 2.24) is 0 Å². The van der Waals surface area contributed by atoms with E-state index in [4.69, 9.17) is 9.84 Å². The van der Waals surface area contributed by atoms with Gasteiger partial charge in [-0.05, 0) is 6.92 Å². The van der Waals surface area contributed by atoms with Gasteiger partial charge in [-0.2, -0.15) is 12.6 Å². The van der Waals surface area contributed by atoms with E-state index in [1.165, 1.54) is 0 Å². The van der Waals surface area contributed by atoms with Crippen LogP contribution in [-0.2, 0) is 4.74 Å². The van der Waals surface area contributed by atoms with Gasteiger partial charge >= 0.3 is 0 Å². The lowest BCUT2D eigenvalue weighted by molar-refractivity contribution is 0.137. The Labute approximate surface area is 55.3 Å². The first-order valence-electron chi connectivity index (χ1n) is 2.44. The standard InChI is InChI=1S/C5H12O2S/c1-5(8,3-6)4-7-2/h6,8H,3-4H2,1-2H3. The van der Waals surface area contributed by atoms with E-state index < -0.39 is 0 Å². The van der Waals surface area contributed by atoms with Crippen molar-refractivity contribution in [3.05, 3.63) is 0 Å². The molecule has 0 aliphatic rings. The summed E-state index contributed by atoms with van der Waals surface area (Å²) in [6, 6.07) is 0. The van der Waals surface area contributed by atoms with Crippen molar-refractivity contribution in [2.75, 3.05) is 20.3 Å². The smallest absolute Gasteiger partial charge is 0.0626 e. The highest BCUT2D eigenvalue weighted by Gasteiger charge is 2.16. The molecule has 0 amide bonds. The maximum atomic E-state index is 8.57. The molecule has 0 saturated heterocycles.